The number of hydrogen-bond acceptors (Lipinski definition) is 2. The quantitative estimate of drug-likeness (QED) is 0.919. The molecule has 0 saturated heterocycles. The van der Waals surface area contributed by atoms with Crippen LogP contribution in [-0.2, 0) is 0 Å². The molecule has 1 amide bonds. The van der Waals surface area contributed by atoms with Crippen molar-refractivity contribution in [3.8, 4) is 0 Å². The summed E-state index contributed by atoms with van der Waals surface area (Å²) in [5.74, 6) is 1.20. The van der Waals surface area contributed by atoms with E-state index in [1.807, 2.05) is 6.07 Å². The molecule has 1 saturated carbocycles. The van der Waals surface area contributed by atoms with E-state index in [0.29, 0.717) is 23.4 Å². The Morgan fingerprint density at radius 1 is 1.37 bits per heavy atom. The van der Waals surface area contributed by atoms with Crippen LogP contribution in [-0.4, -0.2) is 16.9 Å². The van der Waals surface area contributed by atoms with E-state index in [1.54, 1.807) is 12.4 Å². The van der Waals surface area contributed by atoms with E-state index in [-0.39, 0.29) is 5.91 Å². The van der Waals surface area contributed by atoms with Crippen molar-refractivity contribution in [2.45, 2.75) is 45.6 Å². The second-order valence-corrected chi connectivity index (χ2v) is 6.58. The van der Waals surface area contributed by atoms with Crippen LogP contribution in [0.3, 0.4) is 0 Å². The lowest BCUT2D eigenvalue weighted by Gasteiger charge is -2.34. The molecule has 0 bridgehead atoms. The molecule has 1 aliphatic rings. The van der Waals surface area contributed by atoms with Crippen molar-refractivity contribution < 1.29 is 4.79 Å². The number of carbonyl (C=O) groups excluding carboxylic acids is 1. The Bertz CT molecular complexity index is 448. The number of hydrogen-bond donors (Lipinski definition) is 1. The predicted molar refractivity (Wildman–Crippen MR) is 80.0 cm³/mol. The van der Waals surface area contributed by atoms with Gasteiger partial charge < -0.3 is 5.32 Å². The highest BCUT2D eigenvalue weighted by molar-refractivity contribution is 9.10. The summed E-state index contributed by atoms with van der Waals surface area (Å²) in [6.07, 6.45) is 8.12. The van der Waals surface area contributed by atoms with Gasteiger partial charge in [0.15, 0.2) is 0 Å². The van der Waals surface area contributed by atoms with Gasteiger partial charge in [0.2, 0.25) is 0 Å². The van der Waals surface area contributed by atoms with E-state index in [2.05, 4.69) is 40.1 Å². The predicted octanol–water partition coefficient (Wildman–Crippen LogP) is 3.79. The molecule has 4 heteroatoms. The molecule has 1 aromatic heterocycles. The lowest BCUT2D eigenvalue weighted by Crippen LogP contribution is -2.43. The first-order valence-corrected chi connectivity index (χ1v) is 7.78. The monoisotopic (exact) mass is 324 g/mol. The summed E-state index contributed by atoms with van der Waals surface area (Å²) in [6.45, 7) is 4.49. The van der Waals surface area contributed by atoms with Crippen LogP contribution >= 0.6 is 15.9 Å². The zero-order valence-electron chi connectivity index (χ0n) is 11.5. The van der Waals surface area contributed by atoms with Crippen LogP contribution in [0.1, 0.15) is 49.9 Å². The van der Waals surface area contributed by atoms with Crippen molar-refractivity contribution in [2.75, 3.05) is 0 Å². The van der Waals surface area contributed by atoms with Crippen LogP contribution in [0.4, 0.5) is 0 Å². The number of halogens is 1. The molecule has 1 fully saturated rings. The first-order valence-electron chi connectivity index (χ1n) is 6.99. The topological polar surface area (TPSA) is 42.0 Å². The highest BCUT2D eigenvalue weighted by Gasteiger charge is 2.28. The molecular formula is C15H21BrN2O. The van der Waals surface area contributed by atoms with E-state index >= 15 is 0 Å². The van der Waals surface area contributed by atoms with Crippen molar-refractivity contribution in [2.24, 2.45) is 11.8 Å². The summed E-state index contributed by atoms with van der Waals surface area (Å²) in [4.78, 5) is 16.3. The molecule has 2 atom stereocenters. The molecule has 104 valence electrons. The average Bonchev–Trinajstić information content (AvgIpc) is 2.39. The van der Waals surface area contributed by atoms with Crippen LogP contribution in [0.5, 0.6) is 0 Å². The number of amides is 1. The fourth-order valence-corrected chi connectivity index (χ4v) is 3.29. The van der Waals surface area contributed by atoms with Gasteiger partial charge >= 0.3 is 0 Å². The molecule has 19 heavy (non-hydrogen) atoms. The van der Waals surface area contributed by atoms with Gasteiger partial charge in [-0.05, 0) is 46.7 Å². The fraction of sp³-hybridized carbons (Fsp3) is 0.600. The zero-order chi connectivity index (χ0) is 13.8. The number of carbonyl (C=O) groups is 1. The summed E-state index contributed by atoms with van der Waals surface area (Å²) in [5.41, 5.74) is 0.627. The highest BCUT2D eigenvalue weighted by Crippen LogP contribution is 2.30. The Morgan fingerprint density at radius 3 is 2.79 bits per heavy atom. The molecule has 0 aromatic carbocycles. The zero-order valence-corrected chi connectivity index (χ0v) is 13.1. The summed E-state index contributed by atoms with van der Waals surface area (Å²) in [5, 5.41) is 3.19. The van der Waals surface area contributed by atoms with Gasteiger partial charge in [0.1, 0.15) is 0 Å². The van der Waals surface area contributed by atoms with E-state index < -0.39 is 0 Å². The van der Waals surface area contributed by atoms with Gasteiger partial charge in [-0.2, -0.15) is 0 Å². The minimum absolute atomic E-state index is 0.00801. The SMILES string of the molecule is CC(C)C1CCCCC1NC(=O)c1cncc(Br)c1. The van der Waals surface area contributed by atoms with Crippen LogP contribution in [0, 0.1) is 11.8 Å². The van der Waals surface area contributed by atoms with Crippen LogP contribution in [0.25, 0.3) is 0 Å². The van der Waals surface area contributed by atoms with Crippen LogP contribution in [0.2, 0.25) is 0 Å². The lowest BCUT2D eigenvalue weighted by atomic mass is 9.78. The van der Waals surface area contributed by atoms with Gasteiger partial charge in [-0.3, -0.25) is 9.78 Å². The van der Waals surface area contributed by atoms with Crippen LogP contribution in [0.15, 0.2) is 22.9 Å². The summed E-state index contributed by atoms with van der Waals surface area (Å²) >= 11 is 3.35. The third kappa shape index (κ3) is 3.78. The van der Waals surface area contributed by atoms with Crippen molar-refractivity contribution in [1.82, 2.24) is 10.3 Å². The number of nitrogens with one attached hydrogen (secondary N) is 1. The number of rotatable bonds is 3. The second kappa shape index (κ2) is 6.51. The van der Waals surface area contributed by atoms with Gasteiger partial charge in [-0.15, -0.1) is 0 Å². The van der Waals surface area contributed by atoms with Gasteiger partial charge in [-0.1, -0.05) is 26.7 Å². The molecule has 1 aromatic rings. The Kier molecular flexibility index (Phi) is 4.97. The second-order valence-electron chi connectivity index (χ2n) is 5.66. The Labute approximate surface area is 123 Å². The van der Waals surface area contributed by atoms with Gasteiger partial charge in [0.25, 0.3) is 5.91 Å². The Balaban J connectivity index is 2.04. The third-order valence-corrected chi connectivity index (χ3v) is 4.39. The van der Waals surface area contributed by atoms with Crippen molar-refractivity contribution >= 4 is 21.8 Å². The third-order valence-electron chi connectivity index (χ3n) is 3.96. The normalized spacial score (nSPS) is 23.4. The van der Waals surface area contributed by atoms with Crippen molar-refractivity contribution in [3.05, 3.63) is 28.5 Å². The van der Waals surface area contributed by atoms with Gasteiger partial charge in [0, 0.05) is 22.9 Å². The molecule has 2 rings (SSSR count). The first kappa shape index (κ1) is 14.5. The molecule has 1 heterocycles. The molecule has 0 radical (unpaired) electrons. The molecule has 0 aliphatic heterocycles. The van der Waals surface area contributed by atoms with E-state index in [1.165, 1.54) is 19.3 Å². The Hall–Kier alpha value is -0.900. The first-order chi connectivity index (χ1) is 9.08. The molecule has 2 unspecified atom stereocenters. The Morgan fingerprint density at radius 2 is 2.11 bits per heavy atom. The molecule has 1 aliphatic carbocycles. The average molecular weight is 325 g/mol. The largest absolute Gasteiger partial charge is 0.349 e. The van der Waals surface area contributed by atoms with Crippen molar-refractivity contribution in [1.29, 1.82) is 0 Å². The van der Waals surface area contributed by atoms with Crippen LogP contribution < -0.4 is 5.32 Å². The molecule has 1 N–H and O–H groups in total. The molecular weight excluding hydrogens is 304 g/mol. The maximum Gasteiger partial charge on any atom is 0.253 e. The number of aromatic nitrogens is 1. The number of nitrogens with zero attached hydrogens (tertiary/aromatic N) is 1. The maximum absolute atomic E-state index is 12.3. The molecule has 0 spiro atoms. The van der Waals surface area contributed by atoms with E-state index in [0.717, 1.165) is 10.9 Å². The summed E-state index contributed by atoms with van der Waals surface area (Å²) in [6, 6.07) is 2.12. The smallest absolute Gasteiger partial charge is 0.253 e. The van der Waals surface area contributed by atoms with Crippen molar-refractivity contribution in [3.63, 3.8) is 0 Å². The minimum atomic E-state index is -0.00801. The number of pyridine rings is 1. The summed E-state index contributed by atoms with van der Waals surface area (Å²) < 4.78 is 0.837. The standard InChI is InChI=1S/C15H21BrN2O/c1-10(2)13-5-3-4-6-14(13)18-15(19)11-7-12(16)9-17-8-11/h7-10,13-14H,3-6H2,1-2H3,(H,18,19). The lowest BCUT2D eigenvalue weighted by molar-refractivity contribution is 0.0888. The molecule has 3 nitrogen and oxygen atoms in total. The maximum atomic E-state index is 12.3. The fourth-order valence-electron chi connectivity index (χ4n) is 2.92. The highest BCUT2D eigenvalue weighted by atomic mass is 79.9. The van der Waals surface area contributed by atoms with Gasteiger partial charge in [-0.25, -0.2) is 0 Å². The van der Waals surface area contributed by atoms with Gasteiger partial charge in [0.05, 0.1) is 5.56 Å². The van der Waals surface area contributed by atoms with E-state index in [9.17, 15) is 4.79 Å². The minimum Gasteiger partial charge on any atom is -0.349 e. The van der Waals surface area contributed by atoms with E-state index in [4.69, 9.17) is 0 Å². The summed E-state index contributed by atoms with van der Waals surface area (Å²) in [7, 11) is 0.